The summed E-state index contributed by atoms with van der Waals surface area (Å²) in [6.07, 6.45) is -8.92. The van der Waals surface area contributed by atoms with Gasteiger partial charge in [-0.2, -0.15) is 26.3 Å². The zero-order chi connectivity index (χ0) is 23.1. The minimum absolute atomic E-state index is 0.321. The molecule has 0 aliphatic heterocycles. The van der Waals surface area contributed by atoms with Crippen molar-refractivity contribution in [1.82, 2.24) is 0 Å². The summed E-state index contributed by atoms with van der Waals surface area (Å²) in [4.78, 5) is 14.3. The van der Waals surface area contributed by atoms with Gasteiger partial charge in [-0.3, -0.25) is 4.79 Å². The van der Waals surface area contributed by atoms with Gasteiger partial charge in [-0.15, -0.1) is 22.7 Å². The number of thiophene rings is 2. The first-order valence-corrected chi connectivity index (χ1v) is 10.9. The Balaban J connectivity index is 1.67. The molecule has 0 atom stereocenters. The van der Waals surface area contributed by atoms with Gasteiger partial charge in [-0.05, 0) is 58.3 Å². The maximum atomic E-state index is 13.3. The van der Waals surface area contributed by atoms with Crippen LogP contribution in [-0.4, -0.2) is 5.78 Å². The molecule has 0 radical (unpaired) electrons. The summed E-state index contributed by atoms with van der Waals surface area (Å²) in [5.74, 6) is -0.350. The van der Waals surface area contributed by atoms with E-state index >= 15 is 0 Å². The van der Waals surface area contributed by atoms with E-state index in [9.17, 15) is 31.1 Å². The van der Waals surface area contributed by atoms with Gasteiger partial charge in [0.15, 0.2) is 5.78 Å². The fourth-order valence-corrected chi connectivity index (χ4v) is 4.99. The van der Waals surface area contributed by atoms with Gasteiger partial charge in [-0.1, -0.05) is 24.3 Å². The molecule has 0 unspecified atom stereocenters. The molecule has 2 aromatic carbocycles. The van der Waals surface area contributed by atoms with Gasteiger partial charge in [0.05, 0.1) is 11.1 Å². The van der Waals surface area contributed by atoms with E-state index in [1.54, 1.807) is 22.9 Å². The van der Waals surface area contributed by atoms with E-state index in [0.29, 0.717) is 32.0 Å². The molecule has 2 heterocycles. The molecule has 0 amide bonds. The Morgan fingerprint density at radius 3 is 1.22 bits per heavy atom. The molecule has 0 aliphatic carbocycles. The second kappa shape index (κ2) is 8.22. The quantitative estimate of drug-likeness (QED) is 0.211. The predicted octanol–water partition coefficient (Wildman–Crippen LogP) is 8.41. The highest BCUT2D eigenvalue weighted by molar-refractivity contribution is 7.14. The third-order valence-corrected chi connectivity index (χ3v) is 6.70. The van der Waals surface area contributed by atoms with Gasteiger partial charge in [0.2, 0.25) is 0 Å². The lowest BCUT2D eigenvalue weighted by Crippen LogP contribution is -2.05. The number of rotatable bonds is 4. The van der Waals surface area contributed by atoms with Crippen LogP contribution in [0.5, 0.6) is 0 Å². The molecular weight excluding hydrogens is 470 g/mol. The monoisotopic (exact) mass is 482 g/mol. The molecule has 32 heavy (non-hydrogen) atoms. The van der Waals surface area contributed by atoms with Crippen molar-refractivity contribution in [1.29, 1.82) is 0 Å². The first kappa shape index (κ1) is 22.3. The van der Waals surface area contributed by atoms with Crippen LogP contribution in [-0.2, 0) is 12.4 Å². The third-order valence-electron chi connectivity index (χ3n) is 4.77. The van der Waals surface area contributed by atoms with Crippen molar-refractivity contribution in [2.24, 2.45) is 0 Å². The smallest absolute Gasteiger partial charge is 0.289 e. The van der Waals surface area contributed by atoms with Gasteiger partial charge >= 0.3 is 12.4 Å². The predicted molar refractivity (Wildman–Crippen MR) is 113 cm³/mol. The Kier molecular flexibility index (Phi) is 5.72. The lowest BCUT2D eigenvalue weighted by molar-refractivity contribution is -0.138. The van der Waals surface area contributed by atoms with E-state index in [0.717, 1.165) is 24.3 Å². The average molecular weight is 482 g/mol. The second-order valence-electron chi connectivity index (χ2n) is 6.81. The van der Waals surface area contributed by atoms with Crippen LogP contribution < -0.4 is 0 Å². The van der Waals surface area contributed by atoms with Gasteiger partial charge in [0, 0.05) is 20.9 Å². The standard InChI is InChI=1S/C23H12F6OS2/c24-22(25,26)15-5-1-13(2-6-15)20-17(9-11-31-20)19(30)18-10-12-32-21(18)14-3-7-16(8-4-14)23(27,28)29/h1-12H. The zero-order valence-corrected chi connectivity index (χ0v) is 17.6. The molecular formula is C23H12F6OS2. The molecule has 0 saturated heterocycles. The Morgan fingerprint density at radius 2 is 0.906 bits per heavy atom. The van der Waals surface area contributed by atoms with Gasteiger partial charge in [-0.25, -0.2) is 0 Å². The normalized spacial score (nSPS) is 12.2. The van der Waals surface area contributed by atoms with E-state index in [4.69, 9.17) is 0 Å². The highest BCUT2D eigenvalue weighted by atomic mass is 32.1. The van der Waals surface area contributed by atoms with Crippen LogP contribution in [0.4, 0.5) is 26.3 Å². The molecule has 4 aromatic rings. The molecule has 9 heteroatoms. The topological polar surface area (TPSA) is 17.1 Å². The number of hydrogen-bond acceptors (Lipinski definition) is 3. The lowest BCUT2D eigenvalue weighted by atomic mass is 9.98. The number of carbonyl (C=O) groups is 1. The number of carbonyl (C=O) groups excluding carboxylic acids is 1. The molecule has 4 rings (SSSR count). The number of alkyl halides is 6. The molecule has 0 aliphatic rings. The van der Waals surface area contributed by atoms with E-state index < -0.39 is 23.5 Å². The fraction of sp³-hybridized carbons (Fsp3) is 0.0870. The zero-order valence-electron chi connectivity index (χ0n) is 15.9. The number of benzene rings is 2. The summed E-state index contributed by atoms with van der Waals surface area (Å²) in [7, 11) is 0. The highest BCUT2D eigenvalue weighted by Crippen LogP contribution is 2.38. The van der Waals surface area contributed by atoms with E-state index in [-0.39, 0.29) is 5.78 Å². The van der Waals surface area contributed by atoms with E-state index in [1.807, 2.05) is 0 Å². The molecule has 164 valence electrons. The van der Waals surface area contributed by atoms with Gasteiger partial charge in [0.1, 0.15) is 0 Å². The summed E-state index contributed by atoms with van der Waals surface area (Å²) in [5.41, 5.74) is 0.0224. The number of halogens is 6. The SMILES string of the molecule is O=C(c1ccsc1-c1ccc(C(F)(F)F)cc1)c1ccsc1-c1ccc(C(F)(F)F)cc1. The van der Waals surface area contributed by atoms with Crippen LogP contribution in [0.3, 0.4) is 0 Å². The van der Waals surface area contributed by atoms with Crippen molar-refractivity contribution in [2.45, 2.75) is 12.4 Å². The Hall–Kier alpha value is -2.91. The van der Waals surface area contributed by atoms with Crippen LogP contribution in [0.2, 0.25) is 0 Å². The highest BCUT2D eigenvalue weighted by Gasteiger charge is 2.31. The molecule has 0 spiro atoms. The van der Waals surface area contributed by atoms with Gasteiger partial charge in [0.25, 0.3) is 0 Å². The molecule has 0 fully saturated rings. The summed E-state index contributed by atoms with van der Waals surface area (Å²) >= 11 is 2.45. The van der Waals surface area contributed by atoms with Crippen molar-refractivity contribution in [3.05, 3.63) is 93.7 Å². The first-order chi connectivity index (χ1) is 15.1. The van der Waals surface area contributed by atoms with Crippen LogP contribution >= 0.6 is 22.7 Å². The Bertz CT molecular complexity index is 1150. The maximum Gasteiger partial charge on any atom is 0.416 e. The fourth-order valence-electron chi connectivity index (χ4n) is 3.19. The van der Waals surface area contributed by atoms with E-state index in [2.05, 4.69) is 0 Å². The maximum absolute atomic E-state index is 13.3. The second-order valence-corrected chi connectivity index (χ2v) is 8.64. The lowest BCUT2D eigenvalue weighted by Gasteiger charge is -2.09. The molecule has 0 saturated carbocycles. The molecule has 0 N–H and O–H groups in total. The van der Waals surface area contributed by atoms with Crippen molar-refractivity contribution < 1.29 is 31.1 Å². The minimum Gasteiger partial charge on any atom is -0.289 e. The minimum atomic E-state index is -4.46. The number of ketones is 1. The molecule has 1 nitrogen and oxygen atoms in total. The van der Waals surface area contributed by atoms with Crippen molar-refractivity contribution in [3.8, 4) is 20.9 Å². The van der Waals surface area contributed by atoms with Crippen LogP contribution in [0.25, 0.3) is 20.9 Å². The summed E-state index contributed by atoms with van der Waals surface area (Å²) in [6, 6.07) is 12.3. The van der Waals surface area contributed by atoms with E-state index in [1.165, 1.54) is 46.9 Å². The van der Waals surface area contributed by atoms with Crippen molar-refractivity contribution in [2.75, 3.05) is 0 Å². The summed E-state index contributed by atoms with van der Waals surface area (Å²) in [6.45, 7) is 0. The van der Waals surface area contributed by atoms with Crippen LogP contribution in [0, 0.1) is 0 Å². The van der Waals surface area contributed by atoms with Crippen molar-refractivity contribution >= 4 is 28.5 Å². The molecule has 2 aromatic heterocycles. The molecule has 0 bridgehead atoms. The summed E-state index contributed by atoms with van der Waals surface area (Å²) in [5, 5.41) is 3.34. The van der Waals surface area contributed by atoms with Crippen molar-refractivity contribution in [3.63, 3.8) is 0 Å². The first-order valence-electron chi connectivity index (χ1n) is 9.10. The van der Waals surface area contributed by atoms with Crippen LogP contribution in [0.15, 0.2) is 71.4 Å². The number of hydrogen-bond donors (Lipinski definition) is 0. The largest absolute Gasteiger partial charge is 0.416 e. The third kappa shape index (κ3) is 4.35. The van der Waals surface area contributed by atoms with Gasteiger partial charge < -0.3 is 0 Å². The Labute approximate surface area is 186 Å². The Morgan fingerprint density at radius 1 is 0.562 bits per heavy atom. The average Bonchev–Trinajstić information content (AvgIpc) is 3.42. The van der Waals surface area contributed by atoms with Crippen LogP contribution in [0.1, 0.15) is 27.0 Å². The summed E-state index contributed by atoms with van der Waals surface area (Å²) < 4.78 is 77.0.